The first kappa shape index (κ1) is 19.6. The molecular weight excluding hydrogens is 407 g/mol. The van der Waals surface area contributed by atoms with Gasteiger partial charge in [0.15, 0.2) is 5.58 Å². The maximum Gasteiger partial charge on any atom is 0.417 e. The number of hydrogen-bond acceptors (Lipinski definition) is 4. The molecule has 152 valence electrons. The van der Waals surface area contributed by atoms with Gasteiger partial charge < -0.3 is 14.6 Å². The van der Waals surface area contributed by atoms with Gasteiger partial charge in [-0.1, -0.05) is 23.7 Å². The summed E-state index contributed by atoms with van der Waals surface area (Å²) in [5, 5.41) is 3.64. The summed E-state index contributed by atoms with van der Waals surface area (Å²) < 4.78 is 45.2. The van der Waals surface area contributed by atoms with Crippen molar-refractivity contribution in [3.8, 4) is 0 Å². The Morgan fingerprint density at radius 3 is 2.86 bits per heavy atom. The molecule has 1 N–H and O–H groups in total. The highest BCUT2D eigenvalue weighted by Gasteiger charge is 2.37. The molecule has 0 saturated carbocycles. The zero-order valence-corrected chi connectivity index (χ0v) is 15.9. The molecule has 2 heterocycles. The van der Waals surface area contributed by atoms with Gasteiger partial charge in [0.2, 0.25) is 0 Å². The van der Waals surface area contributed by atoms with Gasteiger partial charge >= 0.3 is 6.18 Å². The number of oxazole rings is 1. The van der Waals surface area contributed by atoms with E-state index in [-0.39, 0.29) is 11.5 Å². The zero-order chi connectivity index (χ0) is 20.6. The van der Waals surface area contributed by atoms with E-state index in [1.165, 1.54) is 23.1 Å². The molecule has 3 aromatic rings. The number of carbonyl (C=O) groups excluding carboxylic acids is 1. The lowest BCUT2D eigenvalue weighted by Gasteiger charge is -2.19. The molecule has 1 aliphatic heterocycles. The van der Waals surface area contributed by atoms with Crippen LogP contribution in [0.1, 0.15) is 22.3 Å². The third-order valence-electron chi connectivity index (χ3n) is 4.93. The third kappa shape index (κ3) is 4.17. The lowest BCUT2D eigenvalue weighted by atomic mass is 10.1. The van der Waals surface area contributed by atoms with Gasteiger partial charge in [-0.3, -0.25) is 4.79 Å². The first-order valence-electron chi connectivity index (χ1n) is 9.07. The molecule has 1 atom stereocenters. The third-order valence-corrected chi connectivity index (χ3v) is 5.16. The summed E-state index contributed by atoms with van der Waals surface area (Å²) in [4.78, 5) is 18.4. The van der Waals surface area contributed by atoms with E-state index in [0.717, 1.165) is 6.07 Å². The van der Waals surface area contributed by atoms with Gasteiger partial charge in [0.25, 0.3) is 11.9 Å². The van der Waals surface area contributed by atoms with Crippen molar-refractivity contribution in [2.75, 3.05) is 25.0 Å². The minimum Gasteiger partial charge on any atom is -0.424 e. The Labute approximate surface area is 169 Å². The van der Waals surface area contributed by atoms with E-state index in [9.17, 15) is 18.0 Å². The average molecular weight is 424 g/mol. The Morgan fingerprint density at radius 2 is 2.07 bits per heavy atom. The van der Waals surface area contributed by atoms with Crippen molar-refractivity contribution in [3.05, 3.63) is 58.6 Å². The van der Waals surface area contributed by atoms with Crippen LogP contribution in [0.15, 0.2) is 46.9 Å². The summed E-state index contributed by atoms with van der Waals surface area (Å²) >= 11 is 5.93. The van der Waals surface area contributed by atoms with Crippen LogP contribution in [-0.4, -0.2) is 35.4 Å². The SMILES string of the molecule is O=C(c1ccccc1C(F)(F)F)N1CC[C@H](CNc2nc3ccc(Cl)cc3o2)C1. The summed E-state index contributed by atoms with van der Waals surface area (Å²) in [6.07, 6.45) is -3.89. The van der Waals surface area contributed by atoms with Crippen molar-refractivity contribution < 1.29 is 22.4 Å². The lowest BCUT2D eigenvalue weighted by Crippen LogP contribution is -2.31. The summed E-state index contributed by atoms with van der Waals surface area (Å²) in [6.45, 7) is 1.26. The minimum atomic E-state index is -4.57. The van der Waals surface area contributed by atoms with Crippen molar-refractivity contribution in [1.82, 2.24) is 9.88 Å². The fraction of sp³-hybridized carbons (Fsp3) is 0.300. The first-order chi connectivity index (χ1) is 13.8. The second kappa shape index (κ2) is 7.59. The number of rotatable bonds is 4. The summed E-state index contributed by atoms with van der Waals surface area (Å²) in [7, 11) is 0. The second-order valence-electron chi connectivity index (χ2n) is 6.96. The van der Waals surface area contributed by atoms with Crippen LogP contribution in [-0.2, 0) is 6.18 Å². The number of nitrogens with one attached hydrogen (secondary N) is 1. The van der Waals surface area contributed by atoms with Crippen LogP contribution in [0.2, 0.25) is 5.02 Å². The highest BCUT2D eigenvalue weighted by molar-refractivity contribution is 6.31. The van der Waals surface area contributed by atoms with E-state index in [4.69, 9.17) is 16.0 Å². The van der Waals surface area contributed by atoms with E-state index < -0.39 is 17.6 Å². The van der Waals surface area contributed by atoms with Gasteiger partial charge in [-0.15, -0.1) is 0 Å². The molecule has 1 saturated heterocycles. The van der Waals surface area contributed by atoms with Crippen LogP contribution < -0.4 is 5.32 Å². The highest BCUT2D eigenvalue weighted by atomic mass is 35.5. The fourth-order valence-corrected chi connectivity index (χ4v) is 3.64. The molecule has 1 aromatic heterocycles. The molecule has 1 aliphatic rings. The largest absolute Gasteiger partial charge is 0.424 e. The van der Waals surface area contributed by atoms with Crippen LogP contribution in [0.5, 0.6) is 0 Å². The number of fused-ring (bicyclic) bond motifs is 1. The van der Waals surface area contributed by atoms with Crippen LogP contribution in [0.3, 0.4) is 0 Å². The van der Waals surface area contributed by atoms with Crippen LogP contribution in [0.4, 0.5) is 19.2 Å². The molecule has 1 fully saturated rings. The summed E-state index contributed by atoms with van der Waals surface area (Å²) in [5.41, 5.74) is 0.0111. The number of halogens is 4. The van der Waals surface area contributed by atoms with E-state index in [2.05, 4.69) is 10.3 Å². The standard InChI is InChI=1S/C20H17ClF3N3O2/c21-13-5-6-16-17(9-13)29-19(26-16)25-10-12-7-8-27(11-12)18(28)14-3-1-2-4-15(14)20(22,23)24/h1-6,9,12H,7-8,10-11H2,(H,25,26)/t12-/m1/s1. The molecular formula is C20H17ClF3N3O2. The number of amides is 1. The first-order valence-corrected chi connectivity index (χ1v) is 9.44. The van der Waals surface area contributed by atoms with E-state index >= 15 is 0 Å². The highest BCUT2D eigenvalue weighted by Crippen LogP contribution is 2.33. The zero-order valence-electron chi connectivity index (χ0n) is 15.2. The van der Waals surface area contributed by atoms with Crippen LogP contribution in [0, 0.1) is 5.92 Å². The predicted molar refractivity (Wildman–Crippen MR) is 103 cm³/mol. The number of alkyl halides is 3. The second-order valence-corrected chi connectivity index (χ2v) is 7.40. The van der Waals surface area contributed by atoms with Crippen molar-refractivity contribution in [2.45, 2.75) is 12.6 Å². The summed E-state index contributed by atoms with van der Waals surface area (Å²) in [6, 6.07) is 10.4. The van der Waals surface area contributed by atoms with Gasteiger partial charge in [0, 0.05) is 30.7 Å². The maximum absolute atomic E-state index is 13.2. The number of anilines is 1. The van der Waals surface area contributed by atoms with E-state index in [0.29, 0.717) is 48.2 Å². The van der Waals surface area contributed by atoms with Gasteiger partial charge in [0.05, 0.1) is 11.1 Å². The molecule has 4 rings (SSSR count). The molecule has 29 heavy (non-hydrogen) atoms. The van der Waals surface area contributed by atoms with Crippen molar-refractivity contribution in [2.24, 2.45) is 5.92 Å². The Hall–Kier alpha value is -2.74. The van der Waals surface area contributed by atoms with Gasteiger partial charge in [0.1, 0.15) is 5.52 Å². The van der Waals surface area contributed by atoms with E-state index in [1.807, 2.05) is 0 Å². The normalized spacial score (nSPS) is 17.1. The molecule has 9 heteroatoms. The number of hydrogen-bond donors (Lipinski definition) is 1. The van der Waals surface area contributed by atoms with Crippen molar-refractivity contribution >= 4 is 34.6 Å². The molecule has 0 bridgehead atoms. The van der Waals surface area contributed by atoms with Crippen molar-refractivity contribution in [3.63, 3.8) is 0 Å². The van der Waals surface area contributed by atoms with E-state index in [1.54, 1.807) is 18.2 Å². The molecule has 5 nitrogen and oxygen atoms in total. The number of benzene rings is 2. The minimum absolute atomic E-state index is 0.0793. The Balaban J connectivity index is 1.39. The molecule has 0 radical (unpaired) electrons. The molecule has 1 amide bonds. The molecule has 0 spiro atoms. The number of likely N-dealkylation sites (tertiary alicyclic amines) is 1. The lowest BCUT2D eigenvalue weighted by molar-refractivity contribution is -0.138. The Kier molecular flexibility index (Phi) is 5.12. The number of carbonyl (C=O) groups is 1. The fourth-order valence-electron chi connectivity index (χ4n) is 3.48. The quantitative estimate of drug-likeness (QED) is 0.636. The number of aromatic nitrogens is 1. The topological polar surface area (TPSA) is 58.4 Å². The Bertz CT molecular complexity index is 1050. The number of nitrogens with zero attached hydrogens (tertiary/aromatic N) is 2. The van der Waals surface area contributed by atoms with Gasteiger partial charge in [-0.05, 0) is 36.6 Å². The van der Waals surface area contributed by atoms with Gasteiger partial charge in [-0.2, -0.15) is 18.2 Å². The van der Waals surface area contributed by atoms with Crippen molar-refractivity contribution in [1.29, 1.82) is 0 Å². The molecule has 2 aromatic carbocycles. The van der Waals surface area contributed by atoms with Gasteiger partial charge in [-0.25, -0.2) is 0 Å². The summed E-state index contributed by atoms with van der Waals surface area (Å²) in [5.74, 6) is -0.521. The molecule has 0 unspecified atom stereocenters. The van der Waals surface area contributed by atoms with Crippen LogP contribution >= 0.6 is 11.6 Å². The van der Waals surface area contributed by atoms with Crippen LogP contribution in [0.25, 0.3) is 11.1 Å². The average Bonchev–Trinajstić information content (AvgIpc) is 3.31. The smallest absolute Gasteiger partial charge is 0.417 e. The Morgan fingerprint density at radius 1 is 1.28 bits per heavy atom. The predicted octanol–water partition coefficient (Wildman–Crippen LogP) is 5.07. The maximum atomic E-state index is 13.2. The monoisotopic (exact) mass is 423 g/mol. The molecule has 0 aliphatic carbocycles.